The van der Waals surface area contributed by atoms with Gasteiger partial charge in [0.1, 0.15) is 17.2 Å². The van der Waals surface area contributed by atoms with Gasteiger partial charge >= 0.3 is 0 Å². The van der Waals surface area contributed by atoms with Crippen molar-refractivity contribution in [3.8, 4) is 17.0 Å². The summed E-state index contributed by atoms with van der Waals surface area (Å²) in [5.74, 6) is 0.456. The van der Waals surface area contributed by atoms with E-state index in [9.17, 15) is 4.79 Å². The van der Waals surface area contributed by atoms with Crippen LogP contribution in [0.3, 0.4) is 0 Å². The zero-order chi connectivity index (χ0) is 22.2. The number of nitrogen functional groups attached to an aromatic ring is 1. The summed E-state index contributed by atoms with van der Waals surface area (Å²) in [7, 11) is 0. The molecule has 0 saturated heterocycles. The first-order valence-electron chi connectivity index (χ1n) is 10.0. The first-order valence-corrected chi connectivity index (χ1v) is 11.6. The molecule has 0 aliphatic heterocycles. The van der Waals surface area contributed by atoms with E-state index in [1.54, 1.807) is 18.2 Å². The van der Waals surface area contributed by atoms with Gasteiger partial charge in [0.25, 0.3) is 5.91 Å². The molecule has 5 rings (SSSR count). The number of hydrogen-bond donors (Lipinski definition) is 2. The largest absolute Gasteiger partial charge is 0.487 e. The SMILES string of the molecule is Nc1nc(-c2cc(OCc3ccccc3)c(Cl)cc2Cl)c2cc(C(=O)NC3CC3)sc2n1. The molecule has 4 aromatic rings. The molecular weight excluding hydrogens is 467 g/mol. The summed E-state index contributed by atoms with van der Waals surface area (Å²) >= 11 is 14.2. The Bertz CT molecular complexity index is 1320. The van der Waals surface area contributed by atoms with E-state index in [4.69, 9.17) is 33.7 Å². The van der Waals surface area contributed by atoms with Crippen LogP contribution in [-0.2, 0) is 6.61 Å². The first-order chi connectivity index (χ1) is 15.5. The number of halogens is 2. The summed E-state index contributed by atoms with van der Waals surface area (Å²) in [5.41, 5.74) is 8.12. The number of rotatable bonds is 6. The highest BCUT2D eigenvalue weighted by Gasteiger charge is 2.25. The van der Waals surface area contributed by atoms with E-state index < -0.39 is 0 Å². The van der Waals surface area contributed by atoms with Gasteiger partial charge in [-0.3, -0.25) is 4.79 Å². The number of carbonyl (C=O) groups excluding carboxylic acids is 1. The minimum Gasteiger partial charge on any atom is -0.487 e. The lowest BCUT2D eigenvalue weighted by Crippen LogP contribution is -2.24. The van der Waals surface area contributed by atoms with Crippen molar-refractivity contribution >= 4 is 56.6 Å². The van der Waals surface area contributed by atoms with Crippen LogP contribution in [0.1, 0.15) is 28.1 Å². The van der Waals surface area contributed by atoms with Crippen LogP contribution in [0.2, 0.25) is 10.0 Å². The Balaban J connectivity index is 1.53. The van der Waals surface area contributed by atoms with Gasteiger partial charge in [0.2, 0.25) is 5.95 Å². The van der Waals surface area contributed by atoms with Crippen molar-refractivity contribution in [2.24, 2.45) is 0 Å². The van der Waals surface area contributed by atoms with Crippen LogP contribution in [-0.4, -0.2) is 21.9 Å². The summed E-state index contributed by atoms with van der Waals surface area (Å²) in [6, 6.07) is 15.2. The van der Waals surface area contributed by atoms with Gasteiger partial charge in [-0.05, 0) is 36.6 Å². The molecule has 0 unspecified atom stereocenters. The van der Waals surface area contributed by atoms with E-state index in [1.807, 2.05) is 30.3 Å². The van der Waals surface area contributed by atoms with E-state index in [-0.39, 0.29) is 17.9 Å². The van der Waals surface area contributed by atoms with Crippen LogP contribution in [0, 0.1) is 0 Å². The van der Waals surface area contributed by atoms with Crippen molar-refractivity contribution in [1.29, 1.82) is 0 Å². The fraction of sp³-hybridized carbons (Fsp3) is 0.174. The molecule has 1 aliphatic rings. The fourth-order valence-electron chi connectivity index (χ4n) is 3.30. The molecule has 1 saturated carbocycles. The van der Waals surface area contributed by atoms with Crippen LogP contribution < -0.4 is 15.8 Å². The summed E-state index contributed by atoms with van der Waals surface area (Å²) in [5, 5.41) is 4.48. The predicted molar refractivity (Wildman–Crippen MR) is 129 cm³/mol. The second-order valence-corrected chi connectivity index (χ2v) is 9.39. The molecule has 2 aromatic heterocycles. The van der Waals surface area contributed by atoms with Crippen LogP contribution in [0.25, 0.3) is 21.5 Å². The van der Waals surface area contributed by atoms with Gasteiger partial charge in [0, 0.05) is 17.0 Å². The van der Waals surface area contributed by atoms with Crippen LogP contribution in [0.5, 0.6) is 5.75 Å². The Morgan fingerprint density at radius 2 is 1.91 bits per heavy atom. The van der Waals surface area contributed by atoms with E-state index >= 15 is 0 Å². The highest BCUT2D eigenvalue weighted by molar-refractivity contribution is 7.20. The second kappa shape index (κ2) is 8.58. The predicted octanol–water partition coefficient (Wildman–Crippen LogP) is 5.72. The number of aromatic nitrogens is 2. The Kier molecular flexibility index (Phi) is 5.63. The molecule has 1 amide bonds. The molecule has 3 N–H and O–H groups in total. The average molecular weight is 485 g/mol. The van der Waals surface area contributed by atoms with Crippen molar-refractivity contribution in [3.63, 3.8) is 0 Å². The van der Waals surface area contributed by atoms with Gasteiger partial charge < -0.3 is 15.8 Å². The van der Waals surface area contributed by atoms with Crippen LogP contribution >= 0.6 is 34.5 Å². The van der Waals surface area contributed by atoms with Crippen LogP contribution in [0.4, 0.5) is 5.95 Å². The van der Waals surface area contributed by atoms with Crippen molar-refractivity contribution in [3.05, 3.63) is 69.0 Å². The van der Waals surface area contributed by atoms with E-state index in [1.165, 1.54) is 11.3 Å². The molecule has 2 aromatic carbocycles. The van der Waals surface area contributed by atoms with Crippen molar-refractivity contribution < 1.29 is 9.53 Å². The number of thiophene rings is 1. The number of hydrogen-bond acceptors (Lipinski definition) is 6. The number of nitrogens with one attached hydrogen (secondary N) is 1. The first kappa shape index (κ1) is 21.0. The van der Waals surface area contributed by atoms with Gasteiger partial charge in [-0.2, -0.15) is 0 Å². The molecule has 1 fully saturated rings. The molecule has 1 aliphatic carbocycles. The average Bonchev–Trinajstić information content (AvgIpc) is 3.48. The molecule has 162 valence electrons. The lowest BCUT2D eigenvalue weighted by molar-refractivity contribution is 0.0955. The van der Waals surface area contributed by atoms with Crippen LogP contribution in [0.15, 0.2) is 48.5 Å². The minimum absolute atomic E-state index is 0.0984. The maximum Gasteiger partial charge on any atom is 0.261 e. The molecule has 0 radical (unpaired) electrons. The third kappa shape index (κ3) is 4.37. The third-order valence-electron chi connectivity index (χ3n) is 5.06. The van der Waals surface area contributed by atoms with Crippen molar-refractivity contribution in [1.82, 2.24) is 15.3 Å². The molecule has 0 bridgehead atoms. The van der Waals surface area contributed by atoms with Crippen molar-refractivity contribution in [2.45, 2.75) is 25.5 Å². The smallest absolute Gasteiger partial charge is 0.261 e. The number of nitrogens with zero attached hydrogens (tertiary/aromatic N) is 2. The monoisotopic (exact) mass is 484 g/mol. The highest BCUT2D eigenvalue weighted by Crippen LogP contribution is 2.40. The quantitative estimate of drug-likeness (QED) is 0.365. The highest BCUT2D eigenvalue weighted by atomic mass is 35.5. The summed E-state index contributed by atoms with van der Waals surface area (Å²) in [4.78, 5) is 22.4. The van der Waals surface area contributed by atoms with Gasteiger partial charge in [-0.25, -0.2) is 9.97 Å². The maximum absolute atomic E-state index is 12.5. The minimum atomic E-state index is -0.117. The molecular formula is C23H18Cl2N4O2S. The molecule has 0 spiro atoms. The number of nitrogens with two attached hydrogens (primary N) is 1. The zero-order valence-electron chi connectivity index (χ0n) is 16.8. The number of anilines is 1. The lowest BCUT2D eigenvalue weighted by atomic mass is 10.1. The standard InChI is InChI=1S/C23H18Cl2N4O2S/c24-16-10-17(25)18(31-11-12-4-2-1-3-5-12)8-14(16)20-15-9-19(21(30)27-13-6-7-13)32-22(15)29-23(26)28-20/h1-5,8-10,13H,6-7,11H2,(H,27,30)(H2,26,28,29). The number of benzene rings is 2. The summed E-state index contributed by atoms with van der Waals surface area (Å²) in [6.07, 6.45) is 2.03. The maximum atomic E-state index is 12.5. The van der Waals surface area contributed by atoms with Gasteiger partial charge in [0.05, 0.1) is 20.6 Å². The van der Waals surface area contributed by atoms with E-state index in [0.29, 0.717) is 48.8 Å². The molecule has 2 heterocycles. The van der Waals surface area contributed by atoms with Crippen molar-refractivity contribution in [2.75, 3.05) is 5.73 Å². The molecule has 9 heteroatoms. The number of amides is 1. The fourth-order valence-corrected chi connectivity index (χ4v) is 4.76. The molecule has 32 heavy (non-hydrogen) atoms. The Morgan fingerprint density at radius 1 is 1.12 bits per heavy atom. The summed E-state index contributed by atoms with van der Waals surface area (Å²) < 4.78 is 5.95. The van der Waals surface area contributed by atoms with E-state index in [0.717, 1.165) is 18.4 Å². The summed E-state index contributed by atoms with van der Waals surface area (Å²) in [6.45, 7) is 0.354. The lowest BCUT2D eigenvalue weighted by Gasteiger charge is -2.12. The Morgan fingerprint density at radius 3 is 2.66 bits per heavy atom. The zero-order valence-corrected chi connectivity index (χ0v) is 19.1. The Hall–Kier alpha value is -2.87. The number of ether oxygens (including phenoxy) is 1. The normalized spacial score (nSPS) is 13.3. The van der Waals surface area contributed by atoms with Gasteiger partial charge in [-0.15, -0.1) is 11.3 Å². The van der Waals surface area contributed by atoms with E-state index in [2.05, 4.69) is 15.3 Å². The molecule has 6 nitrogen and oxygen atoms in total. The topological polar surface area (TPSA) is 90.1 Å². The second-order valence-electron chi connectivity index (χ2n) is 7.54. The van der Waals surface area contributed by atoms with Gasteiger partial charge in [0.15, 0.2) is 0 Å². The Labute approximate surface area is 198 Å². The number of fused-ring (bicyclic) bond motifs is 1. The number of carbonyl (C=O) groups is 1. The van der Waals surface area contributed by atoms with Gasteiger partial charge in [-0.1, -0.05) is 53.5 Å². The molecule has 0 atom stereocenters. The third-order valence-corrected chi connectivity index (χ3v) is 6.70.